The first-order valence-corrected chi connectivity index (χ1v) is 4.12. The maximum Gasteiger partial charge on any atom is 0.0718 e. The van der Waals surface area contributed by atoms with Crippen LogP contribution in [0.5, 0.6) is 0 Å². The first-order chi connectivity index (χ1) is 4.34. The lowest BCUT2D eigenvalue weighted by Crippen LogP contribution is -2.05. The molecule has 1 unspecified atom stereocenters. The van der Waals surface area contributed by atoms with Crippen molar-refractivity contribution in [2.75, 3.05) is 0 Å². The Morgan fingerprint density at radius 1 is 1.78 bits per heavy atom. The lowest BCUT2D eigenvalue weighted by Gasteiger charge is -2.12. The first kappa shape index (κ1) is 6.87. The molecule has 0 aromatic carbocycles. The van der Waals surface area contributed by atoms with Gasteiger partial charge in [0.2, 0.25) is 0 Å². The zero-order chi connectivity index (χ0) is 6.69. The minimum absolute atomic E-state index is 0.464. The monoisotopic (exact) mass is 141 g/mol. The molecule has 1 atom stereocenters. The molecular weight excluding hydrogens is 130 g/mol. The van der Waals surface area contributed by atoms with Crippen LogP contribution in [0.2, 0.25) is 0 Å². The van der Waals surface area contributed by atoms with Crippen LogP contribution in [0.25, 0.3) is 0 Å². The normalized spacial score (nSPS) is 26.0. The highest BCUT2D eigenvalue weighted by Crippen LogP contribution is 2.18. The average molecular weight is 141 g/mol. The van der Waals surface area contributed by atoms with Crippen molar-refractivity contribution < 1.29 is 0 Å². The van der Waals surface area contributed by atoms with Gasteiger partial charge in [-0.1, -0.05) is 18.7 Å². The third-order valence-electron chi connectivity index (χ3n) is 1.47. The largest absolute Gasteiger partial charge is 0.278 e. The van der Waals surface area contributed by atoms with Crippen molar-refractivity contribution in [3.8, 4) is 0 Å². The van der Waals surface area contributed by atoms with Crippen molar-refractivity contribution in [3.63, 3.8) is 0 Å². The third kappa shape index (κ3) is 1.58. The molecule has 0 aliphatic carbocycles. The zero-order valence-corrected chi connectivity index (χ0v) is 6.61. The van der Waals surface area contributed by atoms with E-state index in [1.54, 1.807) is 11.8 Å². The highest BCUT2D eigenvalue weighted by atomic mass is 32.2. The molecule has 0 N–H and O–H groups in total. The summed E-state index contributed by atoms with van der Waals surface area (Å²) in [5, 5.41) is 2.17. The summed E-state index contributed by atoms with van der Waals surface area (Å²) >= 11 is 1.67. The molecule has 0 fully saturated rings. The highest BCUT2D eigenvalue weighted by molar-refractivity contribution is 8.14. The van der Waals surface area contributed by atoms with Crippen LogP contribution in [-0.2, 0) is 0 Å². The molecule has 2 heteroatoms. The molecule has 0 aromatic rings. The van der Waals surface area contributed by atoms with Gasteiger partial charge in [0.25, 0.3) is 0 Å². The summed E-state index contributed by atoms with van der Waals surface area (Å²) in [5.74, 6) is 0. The Morgan fingerprint density at radius 3 is 3.00 bits per heavy atom. The molecule has 50 valence electrons. The van der Waals surface area contributed by atoms with Gasteiger partial charge in [-0.05, 0) is 24.3 Å². The summed E-state index contributed by atoms with van der Waals surface area (Å²) in [5.41, 5.74) is 3.31. The topological polar surface area (TPSA) is 12.4 Å². The molecule has 1 heterocycles. The predicted molar refractivity (Wildman–Crippen MR) is 43.9 cm³/mol. The van der Waals surface area contributed by atoms with Gasteiger partial charge in [0.05, 0.1) is 11.6 Å². The van der Waals surface area contributed by atoms with E-state index in [1.807, 2.05) is 5.55 Å². The van der Waals surface area contributed by atoms with E-state index in [9.17, 15) is 0 Å². The second-order valence-electron chi connectivity index (χ2n) is 2.18. The Morgan fingerprint density at radius 2 is 2.56 bits per heavy atom. The number of thioether (sulfide) groups is 1. The number of nitrogens with zero attached hydrogens (tertiary/aromatic N) is 1. The van der Waals surface area contributed by atoms with Crippen molar-refractivity contribution in [2.45, 2.75) is 26.3 Å². The lowest BCUT2D eigenvalue weighted by molar-refractivity contribution is 0.747. The minimum atomic E-state index is 0.464. The fraction of sp³-hybridized carbons (Fsp3) is 0.571. The summed E-state index contributed by atoms with van der Waals surface area (Å²) in [6.45, 7) is 4.30. The molecule has 0 amide bonds. The Balaban J connectivity index is 2.59. The SMILES string of the molecule is CCC1N=CSC=C1C. The second-order valence-corrected chi connectivity index (χ2v) is 2.90. The zero-order valence-electron chi connectivity index (χ0n) is 5.79. The van der Waals surface area contributed by atoms with Gasteiger partial charge < -0.3 is 0 Å². The molecule has 1 rings (SSSR count). The molecule has 0 bridgehead atoms. The Bertz CT molecular complexity index is 149. The van der Waals surface area contributed by atoms with Crippen molar-refractivity contribution in [3.05, 3.63) is 11.0 Å². The van der Waals surface area contributed by atoms with E-state index < -0.39 is 0 Å². The lowest BCUT2D eigenvalue weighted by atomic mass is 10.1. The van der Waals surface area contributed by atoms with E-state index in [-0.39, 0.29) is 0 Å². The first-order valence-electron chi connectivity index (χ1n) is 3.18. The summed E-state index contributed by atoms with van der Waals surface area (Å²) in [6, 6.07) is 0.464. The second kappa shape index (κ2) is 3.06. The fourth-order valence-electron chi connectivity index (χ4n) is 0.870. The van der Waals surface area contributed by atoms with Gasteiger partial charge in [-0.3, -0.25) is 4.99 Å². The smallest absolute Gasteiger partial charge is 0.0718 e. The molecule has 1 nitrogen and oxygen atoms in total. The van der Waals surface area contributed by atoms with E-state index in [2.05, 4.69) is 24.2 Å². The average Bonchev–Trinajstić information content (AvgIpc) is 1.89. The van der Waals surface area contributed by atoms with E-state index in [0.29, 0.717) is 6.04 Å². The summed E-state index contributed by atoms with van der Waals surface area (Å²) in [4.78, 5) is 4.30. The summed E-state index contributed by atoms with van der Waals surface area (Å²) < 4.78 is 0. The van der Waals surface area contributed by atoms with Gasteiger partial charge in [-0.25, -0.2) is 0 Å². The molecule has 9 heavy (non-hydrogen) atoms. The fourth-order valence-corrected chi connectivity index (χ4v) is 1.52. The van der Waals surface area contributed by atoms with E-state index in [4.69, 9.17) is 0 Å². The predicted octanol–water partition coefficient (Wildman–Crippen LogP) is 2.44. The molecule has 0 saturated heterocycles. The van der Waals surface area contributed by atoms with E-state index in [1.165, 1.54) is 5.57 Å². The summed E-state index contributed by atoms with van der Waals surface area (Å²) in [6.07, 6.45) is 1.12. The van der Waals surface area contributed by atoms with Gasteiger partial charge in [-0.15, -0.1) is 0 Å². The van der Waals surface area contributed by atoms with Crippen LogP contribution < -0.4 is 0 Å². The number of aliphatic imine (C=N–C) groups is 1. The highest BCUT2D eigenvalue weighted by Gasteiger charge is 2.06. The molecule has 0 saturated carbocycles. The molecule has 0 radical (unpaired) electrons. The van der Waals surface area contributed by atoms with Crippen LogP contribution in [0, 0.1) is 0 Å². The van der Waals surface area contributed by atoms with Crippen molar-refractivity contribution in [1.82, 2.24) is 0 Å². The maximum atomic E-state index is 4.30. The molecule has 1 aliphatic heterocycles. The van der Waals surface area contributed by atoms with Crippen LogP contribution in [0.1, 0.15) is 20.3 Å². The van der Waals surface area contributed by atoms with Crippen LogP contribution in [0.15, 0.2) is 16.0 Å². The minimum Gasteiger partial charge on any atom is -0.278 e. The Hall–Kier alpha value is -0.240. The van der Waals surface area contributed by atoms with E-state index in [0.717, 1.165) is 6.42 Å². The van der Waals surface area contributed by atoms with Crippen molar-refractivity contribution in [1.29, 1.82) is 0 Å². The van der Waals surface area contributed by atoms with Gasteiger partial charge in [0.1, 0.15) is 0 Å². The van der Waals surface area contributed by atoms with Gasteiger partial charge in [0, 0.05) is 0 Å². The maximum absolute atomic E-state index is 4.30. The van der Waals surface area contributed by atoms with Crippen molar-refractivity contribution >= 4 is 17.3 Å². The van der Waals surface area contributed by atoms with E-state index >= 15 is 0 Å². The van der Waals surface area contributed by atoms with Gasteiger partial charge in [-0.2, -0.15) is 0 Å². The molecule has 1 aliphatic rings. The van der Waals surface area contributed by atoms with Crippen molar-refractivity contribution in [2.24, 2.45) is 4.99 Å². The number of hydrogen-bond acceptors (Lipinski definition) is 2. The standard InChI is InChI=1S/C7H11NS/c1-3-7-6(2)4-9-5-8-7/h4-5,7H,3H2,1-2H3. The number of rotatable bonds is 1. The van der Waals surface area contributed by atoms with Gasteiger partial charge >= 0.3 is 0 Å². The van der Waals surface area contributed by atoms with Crippen LogP contribution in [0.3, 0.4) is 0 Å². The van der Waals surface area contributed by atoms with Crippen LogP contribution in [0.4, 0.5) is 0 Å². The van der Waals surface area contributed by atoms with Crippen LogP contribution >= 0.6 is 11.8 Å². The third-order valence-corrected chi connectivity index (χ3v) is 2.22. The number of hydrogen-bond donors (Lipinski definition) is 0. The molecule has 0 spiro atoms. The van der Waals surface area contributed by atoms with Gasteiger partial charge in [0.15, 0.2) is 0 Å². The Labute approximate surface area is 60.3 Å². The van der Waals surface area contributed by atoms with Crippen LogP contribution in [-0.4, -0.2) is 11.6 Å². The molecular formula is C7H11NS. The Kier molecular flexibility index (Phi) is 2.34. The quantitative estimate of drug-likeness (QED) is 0.546. The summed E-state index contributed by atoms with van der Waals surface area (Å²) in [7, 11) is 0. The molecule has 0 aromatic heterocycles.